The highest BCUT2D eigenvalue weighted by Crippen LogP contribution is 2.36. The minimum atomic E-state index is 0.264. The standard InChI is InChI=1S/C24H34N2/c1-6-22(24(3,4)5)12-9-14-25-15-10-16-26-18-21-17-20-11-7-8-13-23(20)19(21)2/h6-11,13-14,16,18-19,22,25-26H,1,12,15,17H2,2-5H3/b14-9+,16-10+,21-18-. The predicted octanol–water partition coefficient (Wildman–Crippen LogP) is 5.68. The molecule has 0 aromatic heterocycles. The van der Waals surface area contributed by atoms with Crippen LogP contribution in [0.5, 0.6) is 0 Å². The number of nitrogens with one attached hydrogen (secondary N) is 2. The third-order valence-electron chi connectivity index (χ3n) is 5.21. The van der Waals surface area contributed by atoms with Crippen molar-refractivity contribution in [3.63, 3.8) is 0 Å². The van der Waals surface area contributed by atoms with Gasteiger partial charge in [0.05, 0.1) is 0 Å². The van der Waals surface area contributed by atoms with Crippen molar-refractivity contribution in [1.82, 2.24) is 10.6 Å². The molecule has 26 heavy (non-hydrogen) atoms. The normalized spacial score (nSPS) is 19.8. The molecule has 0 heterocycles. The Morgan fingerprint density at radius 3 is 2.65 bits per heavy atom. The summed E-state index contributed by atoms with van der Waals surface area (Å²) in [5.74, 6) is 1.01. The smallest absolute Gasteiger partial charge is 0.0342 e. The van der Waals surface area contributed by atoms with E-state index in [0.29, 0.717) is 11.8 Å². The molecule has 0 aliphatic heterocycles. The van der Waals surface area contributed by atoms with Crippen LogP contribution in [0.4, 0.5) is 0 Å². The van der Waals surface area contributed by atoms with Gasteiger partial charge in [0, 0.05) is 18.7 Å². The maximum Gasteiger partial charge on any atom is 0.0342 e. The summed E-state index contributed by atoms with van der Waals surface area (Å²) >= 11 is 0. The first-order chi connectivity index (χ1) is 12.4. The van der Waals surface area contributed by atoms with Crippen molar-refractivity contribution >= 4 is 0 Å². The van der Waals surface area contributed by atoms with Crippen LogP contribution in [-0.2, 0) is 6.42 Å². The average molecular weight is 351 g/mol. The summed E-state index contributed by atoms with van der Waals surface area (Å²) in [5, 5.41) is 6.62. The molecule has 0 saturated heterocycles. The van der Waals surface area contributed by atoms with E-state index >= 15 is 0 Å². The summed E-state index contributed by atoms with van der Waals surface area (Å²) in [6.45, 7) is 13.8. The molecule has 0 saturated carbocycles. The molecule has 2 heteroatoms. The Morgan fingerprint density at radius 1 is 1.19 bits per heavy atom. The first-order valence-electron chi connectivity index (χ1n) is 9.62. The highest BCUT2D eigenvalue weighted by atomic mass is 14.8. The number of hydrogen-bond donors (Lipinski definition) is 2. The van der Waals surface area contributed by atoms with E-state index in [0.717, 1.165) is 19.4 Å². The minimum Gasteiger partial charge on any atom is -0.388 e. The Bertz CT molecular complexity index is 674. The molecule has 2 nitrogen and oxygen atoms in total. The molecule has 2 unspecified atom stereocenters. The molecule has 2 N–H and O–H groups in total. The molecule has 1 aliphatic carbocycles. The Balaban J connectivity index is 1.68. The van der Waals surface area contributed by atoms with E-state index in [4.69, 9.17) is 0 Å². The van der Waals surface area contributed by atoms with Crippen molar-refractivity contribution in [2.75, 3.05) is 6.54 Å². The zero-order chi connectivity index (χ0) is 19.0. The Labute approximate surface area is 159 Å². The van der Waals surface area contributed by atoms with Gasteiger partial charge >= 0.3 is 0 Å². The summed E-state index contributed by atoms with van der Waals surface area (Å²) in [5.41, 5.74) is 4.63. The summed E-state index contributed by atoms with van der Waals surface area (Å²) in [6.07, 6.45) is 14.6. The second-order valence-corrected chi connectivity index (χ2v) is 8.14. The summed E-state index contributed by atoms with van der Waals surface area (Å²) in [6, 6.07) is 8.72. The van der Waals surface area contributed by atoms with Crippen molar-refractivity contribution in [2.24, 2.45) is 11.3 Å². The zero-order valence-electron chi connectivity index (χ0n) is 16.8. The quantitative estimate of drug-likeness (QED) is 0.466. The topological polar surface area (TPSA) is 24.1 Å². The first-order valence-corrected chi connectivity index (χ1v) is 9.62. The molecular formula is C24H34N2. The van der Waals surface area contributed by atoms with Gasteiger partial charge in [-0.1, -0.05) is 64.1 Å². The largest absolute Gasteiger partial charge is 0.388 e. The van der Waals surface area contributed by atoms with Crippen LogP contribution in [0.1, 0.15) is 51.2 Å². The molecule has 0 amide bonds. The SMILES string of the molecule is C=CC(C/C=C/NC/C=C/N/C=C1/Cc2ccccc2C1C)C(C)(C)C. The summed E-state index contributed by atoms with van der Waals surface area (Å²) in [4.78, 5) is 0. The van der Waals surface area contributed by atoms with Crippen LogP contribution >= 0.6 is 0 Å². The van der Waals surface area contributed by atoms with Crippen LogP contribution in [0.15, 0.2) is 73.2 Å². The highest BCUT2D eigenvalue weighted by molar-refractivity contribution is 5.44. The lowest BCUT2D eigenvalue weighted by Gasteiger charge is -2.26. The molecule has 2 rings (SSSR count). The van der Waals surface area contributed by atoms with Crippen LogP contribution < -0.4 is 10.6 Å². The van der Waals surface area contributed by atoms with Crippen LogP contribution in [0, 0.1) is 11.3 Å². The lowest BCUT2D eigenvalue weighted by Crippen LogP contribution is -2.17. The molecule has 1 aromatic carbocycles. The molecule has 1 aliphatic rings. The molecule has 1 aromatic rings. The summed E-state index contributed by atoms with van der Waals surface area (Å²) < 4.78 is 0. The summed E-state index contributed by atoms with van der Waals surface area (Å²) in [7, 11) is 0. The third kappa shape index (κ3) is 5.66. The van der Waals surface area contributed by atoms with Crippen molar-refractivity contribution in [3.05, 3.63) is 84.4 Å². The molecule has 140 valence electrons. The van der Waals surface area contributed by atoms with E-state index in [9.17, 15) is 0 Å². The molecule has 0 fully saturated rings. The fraction of sp³-hybridized carbons (Fsp3) is 0.417. The second kappa shape index (κ2) is 9.47. The Kier molecular flexibility index (Phi) is 7.32. The number of fused-ring (bicyclic) bond motifs is 1. The monoisotopic (exact) mass is 350 g/mol. The number of hydrogen-bond acceptors (Lipinski definition) is 2. The van der Waals surface area contributed by atoms with Crippen LogP contribution in [0.3, 0.4) is 0 Å². The maximum absolute atomic E-state index is 3.95. The van der Waals surface area contributed by atoms with Crippen molar-refractivity contribution in [2.45, 2.75) is 46.5 Å². The number of allylic oxidation sites excluding steroid dienone is 3. The number of benzene rings is 1. The zero-order valence-corrected chi connectivity index (χ0v) is 16.8. The van der Waals surface area contributed by atoms with Crippen molar-refractivity contribution < 1.29 is 0 Å². The lowest BCUT2D eigenvalue weighted by molar-refractivity contribution is 0.295. The lowest BCUT2D eigenvalue weighted by atomic mass is 9.79. The van der Waals surface area contributed by atoms with Gasteiger partial charge in [-0.05, 0) is 59.4 Å². The van der Waals surface area contributed by atoms with E-state index in [-0.39, 0.29) is 5.41 Å². The Hall–Kier alpha value is -2.22. The molecule has 0 bridgehead atoms. The van der Waals surface area contributed by atoms with E-state index in [1.165, 1.54) is 16.7 Å². The molecule has 0 radical (unpaired) electrons. The predicted molar refractivity (Wildman–Crippen MR) is 114 cm³/mol. The fourth-order valence-electron chi connectivity index (χ4n) is 3.39. The van der Waals surface area contributed by atoms with E-state index in [2.05, 4.69) is 93.6 Å². The van der Waals surface area contributed by atoms with Gasteiger partial charge in [0.1, 0.15) is 0 Å². The van der Waals surface area contributed by atoms with Crippen LogP contribution in [-0.4, -0.2) is 6.54 Å². The molecule has 2 atom stereocenters. The van der Waals surface area contributed by atoms with Gasteiger partial charge in [0.15, 0.2) is 0 Å². The van der Waals surface area contributed by atoms with Gasteiger partial charge in [-0.3, -0.25) is 0 Å². The van der Waals surface area contributed by atoms with Crippen LogP contribution in [0.2, 0.25) is 0 Å². The van der Waals surface area contributed by atoms with E-state index in [1.54, 1.807) is 0 Å². The van der Waals surface area contributed by atoms with Gasteiger partial charge in [0.25, 0.3) is 0 Å². The third-order valence-corrected chi connectivity index (χ3v) is 5.21. The van der Waals surface area contributed by atoms with E-state index < -0.39 is 0 Å². The van der Waals surface area contributed by atoms with Gasteiger partial charge in [-0.15, -0.1) is 6.58 Å². The minimum absolute atomic E-state index is 0.264. The van der Waals surface area contributed by atoms with Crippen molar-refractivity contribution in [1.29, 1.82) is 0 Å². The van der Waals surface area contributed by atoms with Gasteiger partial charge in [-0.2, -0.15) is 0 Å². The highest BCUT2D eigenvalue weighted by Gasteiger charge is 2.22. The Morgan fingerprint density at radius 2 is 1.96 bits per heavy atom. The number of rotatable bonds is 8. The van der Waals surface area contributed by atoms with Gasteiger partial charge < -0.3 is 10.6 Å². The average Bonchev–Trinajstić information content (AvgIpc) is 2.92. The fourth-order valence-corrected chi connectivity index (χ4v) is 3.39. The second-order valence-electron chi connectivity index (χ2n) is 8.14. The molecular weight excluding hydrogens is 316 g/mol. The molecule has 0 spiro atoms. The first kappa shape index (κ1) is 20.1. The van der Waals surface area contributed by atoms with E-state index in [1.807, 2.05) is 12.4 Å². The van der Waals surface area contributed by atoms with Gasteiger partial charge in [0.2, 0.25) is 0 Å². The van der Waals surface area contributed by atoms with Crippen molar-refractivity contribution in [3.8, 4) is 0 Å². The van der Waals surface area contributed by atoms with Gasteiger partial charge in [-0.25, -0.2) is 0 Å². The maximum atomic E-state index is 3.95. The van der Waals surface area contributed by atoms with Crippen LogP contribution in [0.25, 0.3) is 0 Å².